The fourth-order valence-corrected chi connectivity index (χ4v) is 9.34. The van der Waals surface area contributed by atoms with Crippen LogP contribution in [0.5, 0.6) is 23.0 Å². The van der Waals surface area contributed by atoms with Crippen LogP contribution in [-0.4, -0.2) is 11.3 Å². The zero-order chi connectivity index (χ0) is 40.9. The van der Waals surface area contributed by atoms with Crippen LogP contribution < -0.4 is 25.9 Å². The van der Waals surface area contributed by atoms with Gasteiger partial charge in [-0.25, -0.2) is 0 Å². The van der Waals surface area contributed by atoms with E-state index < -0.39 is 0 Å². The van der Waals surface area contributed by atoms with Crippen molar-refractivity contribution in [3.05, 3.63) is 181 Å². The minimum Gasteiger partial charge on any atom is -0.458 e. The molecule has 0 unspecified atom stereocenters. The molecule has 9 aromatic rings. The third-order valence-electron chi connectivity index (χ3n) is 12.6. The number of hydrogen-bond donors (Lipinski definition) is 0. The summed E-state index contributed by atoms with van der Waals surface area (Å²) in [6.07, 6.45) is 0. The third-order valence-corrected chi connectivity index (χ3v) is 12.6. The Balaban J connectivity index is 1.08. The molecule has 1 aromatic heterocycles. The molecule has 0 aliphatic carbocycles. The molecular formula is C56H46BNO2. The standard InChI is InChI=1S/C56H46BNO2/c1-55(2,3)41-22-26-48-44(33-41)45-34-42(56(4,5)6)23-27-49(45)58(48)43-19-13-18-37(28-43)40-31-52-54-53(32-40)60-51-30-39(36-16-11-8-12-17-36)21-25-47(51)57(54)46-24-20-38(29-50(46)59-52)35-14-9-7-10-15-35/h7-34H,1-6H3. The summed E-state index contributed by atoms with van der Waals surface area (Å²) < 4.78 is 16.4. The van der Waals surface area contributed by atoms with Crippen molar-refractivity contribution in [3.8, 4) is 62.1 Å². The number of hydrogen-bond acceptors (Lipinski definition) is 2. The molecule has 8 aromatic carbocycles. The van der Waals surface area contributed by atoms with E-state index in [1.54, 1.807) is 0 Å². The first-order valence-electron chi connectivity index (χ1n) is 21.1. The number of ether oxygens (including phenoxy) is 2. The van der Waals surface area contributed by atoms with Crippen LogP contribution in [0.15, 0.2) is 170 Å². The normalized spacial score (nSPS) is 13.1. The van der Waals surface area contributed by atoms with Gasteiger partial charge >= 0.3 is 0 Å². The van der Waals surface area contributed by atoms with E-state index >= 15 is 0 Å². The first-order valence-corrected chi connectivity index (χ1v) is 21.1. The average Bonchev–Trinajstić information content (AvgIpc) is 3.59. The van der Waals surface area contributed by atoms with Gasteiger partial charge in [-0.15, -0.1) is 0 Å². The summed E-state index contributed by atoms with van der Waals surface area (Å²) in [5.74, 6) is 3.41. The minimum atomic E-state index is -0.0360. The lowest BCUT2D eigenvalue weighted by Crippen LogP contribution is -2.57. The molecule has 0 spiro atoms. The van der Waals surface area contributed by atoms with Crippen LogP contribution in [0.1, 0.15) is 52.7 Å². The topological polar surface area (TPSA) is 23.4 Å². The van der Waals surface area contributed by atoms with Gasteiger partial charge < -0.3 is 14.0 Å². The van der Waals surface area contributed by atoms with Gasteiger partial charge in [-0.3, -0.25) is 0 Å². The summed E-state index contributed by atoms with van der Waals surface area (Å²) in [5, 5.41) is 2.56. The zero-order valence-electron chi connectivity index (χ0n) is 35.0. The van der Waals surface area contributed by atoms with Crippen molar-refractivity contribution in [1.82, 2.24) is 4.57 Å². The maximum atomic E-state index is 6.97. The Kier molecular flexibility index (Phi) is 8.09. The monoisotopic (exact) mass is 775 g/mol. The van der Waals surface area contributed by atoms with Gasteiger partial charge in [0.1, 0.15) is 23.0 Å². The molecule has 60 heavy (non-hydrogen) atoms. The van der Waals surface area contributed by atoms with Crippen LogP contribution in [0.2, 0.25) is 0 Å². The molecular weight excluding hydrogens is 729 g/mol. The Morgan fingerprint density at radius 3 is 1.32 bits per heavy atom. The summed E-state index contributed by atoms with van der Waals surface area (Å²) in [4.78, 5) is 0. The van der Waals surface area contributed by atoms with Crippen LogP contribution in [0.3, 0.4) is 0 Å². The van der Waals surface area contributed by atoms with Crippen LogP contribution in [0.25, 0.3) is 60.9 Å². The van der Waals surface area contributed by atoms with E-state index in [1.807, 2.05) is 0 Å². The van der Waals surface area contributed by atoms with Crippen molar-refractivity contribution in [2.45, 2.75) is 52.4 Å². The maximum absolute atomic E-state index is 6.97. The molecule has 0 bridgehead atoms. The SMILES string of the molecule is CC(C)(C)c1ccc2c(c1)c1cc(C(C)(C)C)ccc1n2-c1cccc(-c2cc3c4c(c2)Oc2cc(-c5ccccc5)ccc2B4c2ccc(-c4ccccc4)cc2O3)c1. The molecule has 2 aliphatic rings. The zero-order valence-corrected chi connectivity index (χ0v) is 35.0. The molecule has 0 N–H and O–H groups in total. The minimum absolute atomic E-state index is 0.0350. The maximum Gasteiger partial charge on any atom is 0.260 e. The smallest absolute Gasteiger partial charge is 0.260 e. The fraction of sp³-hybridized carbons (Fsp3) is 0.143. The molecule has 0 saturated heterocycles. The number of aromatic nitrogens is 1. The first kappa shape index (κ1) is 36.3. The Labute approximate surface area is 353 Å². The van der Waals surface area contributed by atoms with Crippen molar-refractivity contribution in [2.24, 2.45) is 0 Å². The molecule has 3 heterocycles. The van der Waals surface area contributed by atoms with Crippen molar-refractivity contribution in [1.29, 1.82) is 0 Å². The van der Waals surface area contributed by atoms with Gasteiger partial charge in [0, 0.05) is 21.9 Å². The molecule has 0 radical (unpaired) electrons. The number of rotatable bonds is 4. The van der Waals surface area contributed by atoms with Crippen LogP contribution >= 0.6 is 0 Å². The lowest BCUT2D eigenvalue weighted by molar-refractivity contribution is 0.465. The average molecular weight is 776 g/mol. The first-order chi connectivity index (χ1) is 29.0. The van der Waals surface area contributed by atoms with Crippen molar-refractivity contribution >= 4 is 44.9 Å². The van der Waals surface area contributed by atoms with Crippen LogP contribution in [0.4, 0.5) is 0 Å². The molecule has 3 nitrogen and oxygen atoms in total. The molecule has 2 aliphatic heterocycles. The highest BCUT2D eigenvalue weighted by atomic mass is 16.5. The highest BCUT2D eigenvalue weighted by Gasteiger charge is 2.41. The van der Waals surface area contributed by atoms with E-state index in [0.717, 1.165) is 78.5 Å². The number of nitrogens with zero attached hydrogens (tertiary/aromatic N) is 1. The largest absolute Gasteiger partial charge is 0.458 e. The Morgan fingerprint density at radius 2 is 0.833 bits per heavy atom. The molecule has 0 fully saturated rings. The second-order valence-electron chi connectivity index (χ2n) is 18.6. The van der Waals surface area contributed by atoms with E-state index in [1.165, 1.54) is 32.9 Å². The van der Waals surface area contributed by atoms with Gasteiger partial charge in [-0.1, -0.05) is 151 Å². The lowest BCUT2D eigenvalue weighted by atomic mass is 9.34. The molecule has 0 amide bonds. The van der Waals surface area contributed by atoms with Gasteiger partial charge in [-0.05, 0) is 127 Å². The predicted octanol–water partition coefficient (Wildman–Crippen LogP) is 13.1. The Bertz CT molecular complexity index is 2980. The van der Waals surface area contributed by atoms with Crippen molar-refractivity contribution < 1.29 is 9.47 Å². The van der Waals surface area contributed by atoms with Gasteiger partial charge in [0.25, 0.3) is 6.71 Å². The quantitative estimate of drug-likeness (QED) is 0.166. The lowest BCUT2D eigenvalue weighted by Gasteiger charge is -2.34. The summed E-state index contributed by atoms with van der Waals surface area (Å²) in [5.41, 5.74) is 16.3. The van der Waals surface area contributed by atoms with Crippen molar-refractivity contribution in [3.63, 3.8) is 0 Å². The Morgan fingerprint density at radius 1 is 0.383 bits per heavy atom. The van der Waals surface area contributed by atoms with E-state index in [9.17, 15) is 0 Å². The van der Waals surface area contributed by atoms with Gasteiger partial charge in [0.05, 0.1) is 11.0 Å². The molecule has 290 valence electrons. The molecule has 0 atom stereocenters. The van der Waals surface area contributed by atoms with Gasteiger partial charge in [0.2, 0.25) is 0 Å². The van der Waals surface area contributed by atoms with Gasteiger partial charge in [-0.2, -0.15) is 0 Å². The van der Waals surface area contributed by atoms with E-state index in [4.69, 9.17) is 9.47 Å². The van der Waals surface area contributed by atoms with E-state index in [0.29, 0.717) is 0 Å². The summed E-state index contributed by atoms with van der Waals surface area (Å²) in [6, 6.07) is 61.8. The Hall–Kier alpha value is -6.78. The summed E-state index contributed by atoms with van der Waals surface area (Å²) >= 11 is 0. The molecule has 0 saturated carbocycles. The second-order valence-corrected chi connectivity index (χ2v) is 18.6. The number of fused-ring (bicyclic) bond motifs is 7. The second kappa shape index (κ2) is 13.4. The fourth-order valence-electron chi connectivity index (χ4n) is 9.34. The van der Waals surface area contributed by atoms with E-state index in [-0.39, 0.29) is 17.5 Å². The molecule has 11 rings (SSSR count). The van der Waals surface area contributed by atoms with Crippen molar-refractivity contribution in [2.75, 3.05) is 0 Å². The molecule has 4 heteroatoms. The summed E-state index contributed by atoms with van der Waals surface area (Å²) in [6.45, 7) is 13.7. The summed E-state index contributed by atoms with van der Waals surface area (Å²) in [7, 11) is 0. The van der Waals surface area contributed by atoms with E-state index in [2.05, 4.69) is 216 Å². The highest BCUT2D eigenvalue weighted by molar-refractivity contribution is 6.98. The highest BCUT2D eigenvalue weighted by Crippen LogP contribution is 2.42. The van der Waals surface area contributed by atoms with Crippen LogP contribution in [-0.2, 0) is 10.8 Å². The van der Waals surface area contributed by atoms with Crippen LogP contribution in [0, 0.1) is 0 Å². The van der Waals surface area contributed by atoms with Gasteiger partial charge in [0.15, 0.2) is 0 Å². The number of benzene rings is 8. The predicted molar refractivity (Wildman–Crippen MR) is 252 cm³/mol. The third kappa shape index (κ3) is 5.96.